The number of hydrogen-bond acceptors (Lipinski definition) is 1. The van der Waals surface area contributed by atoms with E-state index in [1.807, 2.05) is 6.92 Å². The largest absolute Gasteiger partial charge is 0.393 e. The van der Waals surface area contributed by atoms with Crippen molar-refractivity contribution in [3.8, 4) is 0 Å². The summed E-state index contributed by atoms with van der Waals surface area (Å²) < 4.78 is 26.5. The lowest BCUT2D eigenvalue weighted by Crippen LogP contribution is -2.26. The molecule has 0 radical (unpaired) electrons. The lowest BCUT2D eigenvalue weighted by atomic mass is 9.68. The Morgan fingerprint density at radius 2 is 1.50 bits per heavy atom. The zero-order valence-electron chi connectivity index (χ0n) is 14.7. The van der Waals surface area contributed by atoms with Gasteiger partial charge in [-0.05, 0) is 93.2 Å². The zero-order valence-corrected chi connectivity index (χ0v) is 14.7. The van der Waals surface area contributed by atoms with Crippen LogP contribution in [0.1, 0.15) is 76.2 Å². The van der Waals surface area contributed by atoms with Crippen LogP contribution in [0.4, 0.5) is 8.78 Å². The summed E-state index contributed by atoms with van der Waals surface area (Å²) in [5.41, 5.74) is 0.966. The average molecular weight is 336 g/mol. The first-order valence-electron chi connectivity index (χ1n) is 9.66. The van der Waals surface area contributed by atoms with Gasteiger partial charge >= 0.3 is 0 Å². The van der Waals surface area contributed by atoms with Crippen molar-refractivity contribution in [1.29, 1.82) is 0 Å². The van der Waals surface area contributed by atoms with Crippen molar-refractivity contribution in [1.82, 2.24) is 0 Å². The number of aliphatic hydroxyl groups excluding tert-OH is 1. The Bertz CT molecular complexity index is 527. The summed E-state index contributed by atoms with van der Waals surface area (Å²) in [5.74, 6) is 1.27. The summed E-state index contributed by atoms with van der Waals surface area (Å²) in [7, 11) is 0. The molecule has 0 aromatic heterocycles. The zero-order chi connectivity index (χ0) is 17.1. The summed E-state index contributed by atoms with van der Waals surface area (Å²) in [5, 5.41) is 9.54. The maximum atomic E-state index is 13.4. The second kappa shape index (κ2) is 7.95. The van der Waals surface area contributed by atoms with Gasteiger partial charge in [0.25, 0.3) is 0 Å². The first kappa shape index (κ1) is 17.8. The number of halogens is 2. The molecule has 2 aliphatic carbocycles. The quantitative estimate of drug-likeness (QED) is 0.735. The molecule has 2 aliphatic rings. The highest BCUT2D eigenvalue weighted by atomic mass is 19.2. The second-order valence-electron chi connectivity index (χ2n) is 8.15. The molecule has 0 amide bonds. The Balaban J connectivity index is 1.48. The van der Waals surface area contributed by atoms with E-state index in [4.69, 9.17) is 0 Å². The van der Waals surface area contributed by atoms with Gasteiger partial charge in [0, 0.05) is 0 Å². The third kappa shape index (κ3) is 4.36. The first-order chi connectivity index (χ1) is 11.5. The van der Waals surface area contributed by atoms with E-state index in [1.165, 1.54) is 50.7 Å². The Morgan fingerprint density at radius 1 is 0.917 bits per heavy atom. The number of aliphatic hydroxyl groups is 1. The van der Waals surface area contributed by atoms with Crippen LogP contribution in [0, 0.1) is 29.4 Å². The number of hydrogen-bond donors (Lipinski definition) is 1. The average Bonchev–Trinajstić information content (AvgIpc) is 2.58. The summed E-state index contributed by atoms with van der Waals surface area (Å²) in [6.45, 7) is 1.89. The van der Waals surface area contributed by atoms with Gasteiger partial charge in [0.05, 0.1) is 6.10 Å². The van der Waals surface area contributed by atoms with Crippen LogP contribution in [-0.2, 0) is 0 Å². The molecule has 2 saturated carbocycles. The minimum absolute atomic E-state index is 0.168. The minimum atomic E-state index is -0.749. The highest BCUT2D eigenvalue weighted by Crippen LogP contribution is 2.44. The van der Waals surface area contributed by atoms with E-state index in [0.29, 0.717) is 11.8 Å². The fourth-order valence-corrected chi connectivity index (χ4v) is 5.07. The number of benzene rings is 1. The molecule has 1 aromatic rings. The molecule has 1 unspecified atom stereocenters. The molecule has 0 heterocycles. The van der Waals surface area contributed by atoms with Crippen molar-refractivity contribution in [2.24, 2.45) is 17.8 Å². The molecule has 1 N–H and O–H groups in total. The van der Waals surface area contributed by atoms with Gasteiger partial charge in [-0.3, -0.25) is 0 Å². The molecular weight excluding hydrogens is 306 g/mol. The normalized spacial score (nSPS) is 32.5. The van der Waals surface area contributed by atoms with Crippen molar-refractivity contribution < 1.29 is 13.9 Å². The molecule has 3 heteroatoms. The van der Waals surface area contributed by atoms with E-state index in [9.17, 15) is 13.9 Å². The van der Waals surface area contributed by atoms with E-state index in [-0.39, 0.29) is 6.10 Å². The molecule has 3 rings (SSSR count). The molecule has 0 aliphatic heterocycles. The molecule has 2 fully saturated rings. The maximum Gasteiger partial charge on any atom is 0.159 e. The molecule has 1 nitrogen and oxygen atoms in total. The standard InChI is InChI=1S/C21H30F2O/c1-14(24)12-15-2-4-16(5-3-15)17-6-8-18(9-7-17)19-10-11-20(22)21(23)13-19/h10-11,13-18,24H,2-9,12H2,1H3. The van der Waals surface area contributed by atoms with Crippen molar-refractivity contribution >= 4 is 0 Å². The molecule has 0 bridgehead atoms. The summed E-state index contributed by atoms with van der Waals surface area (Å²) in [6, 6.07) is 4.41. The molecule has 24 heavy (non-hydrogen) atoms. The van der Waals surface area contributed by atoms with Gasteiger partial charge in [0.1, 0.15) is 0 Å². The van der Waals surface area contributed by atoms with E-state index in [0.717, 1.165) is 36.7 Å². The van der Waals surface area contributed by atoms with Crippen molar-refractivity contribution in [2.45, 2.75) is 76.7 Å². The predicted octanol–water partition coefficient (Wildman–Crippen LogP) is 5.82. The summed E-state index contributed by atoms with van der Waals surface area (Å²) in [4.78, 5) is 0. The maximum absolute atomic E-state index is 13.4. The van der Waals surface area contributed by atoms with Crippen LogP contribution in [0.5, 0.6) is 0 Å². The first-order valence-corrected chi connectivity index (χ1v) is 9.66. The molecule has 134 valence electrons. The molecule has 1 atom stereocenters. The molecule has 0 saturated heterocycles. The van der Waals surface area contributed by atoms with Gasteiger partial charge in [-0.15, -0.1) is 0 Å². The smallest absolute Gasteiger partial charge is 0.159 e. The van der Waals surface area contributed by atoms with E-state index >= 15 is 0 Å². The topological polar surface area (TPSA) is 20.2 Å². The highest BCUT2D eigenvalue weighted by molar-refractivity contribution is 5.22. The van der Waals surface area contributed by atoms with Crippen LogP contribution >= 0.6 is 0 Å². The number of rotatable bonds is 4. The fourth-order valence-electron chi connectivity index (χ4n) is 5.07. The summed E-state index contributed by atoms with van der Waals surface area (Å²) in [6.07, 6.45) is 10.6. The fraction of sp³-hybridized carbons (Fsp3) is 0.714. The monoisotopic (exact) mass is 336 g/mol. The molecular formula is C21H30F2O. The third-order valence-corrected chi connectivity index (χ3v) is 6.42. The van der Waals surface area contributed by atoms with Gasteiger partial charge in [0.2, 0.25) is 0 Å². The van der Waals surface area contributed by atoms with Crippen molar-refractivity contribution in [2.75, 3.05) is 0 Å². The highest BCUT2D eigenvalue weighted by Gasteiger charge is 2.31. The van der Waals surface area contributed by atoms with Crippen molar-refractivity contribution in [3.05, 3.63) is 35.4 Å². The van der Waals surface area contributed by atoms with Gasteiger partial charge in [-0.2, -0.15) is 0 Å². The lowest BCUT2D eigenvalue weighted by molar-refractivity contribution is 0.114. The van der Waals surface area contributed by atoms with Gasteiger partial charge in [-0.25, -0.2) is 8.78 Å². The Labute approximate surface area is 144 Å². The van der Waals surface area contributed by atoms with Crippen LogP contribution in [0.2, 0.25) is 0 Å². The van der Waals surface area contributed by atoms with Crippen molar-refractivity contribution in [3.63, 3.8) is 0 Å². The van der Waals surface area contributed by atoms with E-state index in [1.54, 1.807) is 6.07 Å². The molecule has 1 aromatic carbocycles. The Hall–Kier alpha value is -0.960. The summed E-state index contributed by atoms with van der Waals surface area (Å²) >= 11 is 0. The van der Waals surface area contributed by atoms with E-state index in [2.05, 4.69) is 0 Å². The van der Waals surface area contributed by atoms with Crippen LogP contribution in [0.25, 0.3) is 0 Å². The van der Waals surface area contributed by atoms with Gasteiger partial charge < -0.3 is 5.11 Å². The Kier molecular flexibility index (Phi) is 5.91. The lowest BCUT2D eigenvalue weighted by Gasteiger charge is -2.38. The predicted molar refractivity (Wildman–Crippen MR) is 92.8 cm³/mol. The van der Waals surface area contributed by atoms with Crippen LogP contribution in [0.3, 0.4) is 0 Å². The van der Waals surface area contributed by atoms with Gasteiger partial charge in [-0.1, -0.05) is 18.9 Å². The SMILES string of the molecule is CC(O)CC1CCC(C2CCC(c3ccc(F)c(F)c3)CC2)CC1. The molecule has 0 spiro atoms. The van der Waals surface area contributed by atoms with Crippen LogP contribution in [-0.4, -0.2) is 11.2 Å². The van der Waals surface area contributed by atoms with Gasteiger partial charge in [0.15, 0.2) is 11.6 Å². The van der Waals surface area contributed by atoms with E-state index < -0.39 is 11.6 Å². The van der Waals surface area contributed by atoms with Crippen LogP contribution < -0.4 is 0 Å². The van der Waals surface area contributed by atoms with Crippen LogP contribution in [0.15, 0.2) is 18.2 Å². The Morgan fingerprint density at radius 3 is 2.04 bits per heavy atom. The third-order valence-electron chi connectivity index (χ3n) is 6.42. The minimum Gasteiger partial charge on any atom is -0.393 e. The second-order valence-corrected chi connectivity index (χ2v) is 8.15.